The summed E-state index contributed by atoms with van der Waals surface area (Å²) in [6, 6.07) is 13.0. The maximum absolute atomic E-state index is 13.8. The third-order valence-electron chi connectivity index (χ3n) is 4.27. The molecule has 1 saturated heterocycles. The van der Waals surface area contributed by atoms with E-state index in [1.54, 1.807) is 29.2 Å². The van der Waals surface area contributed by atoms with Gasteiger partial charge in [0.2, 0.25) is 6.10 Å². The van der Waals surface area contributed by atoms with Crippen LogP contribution in [0, 0.1) is 5.82 Å². The summed E-state index contributed by atoms with van der Waals surface area (Å²) in [6.07, 6.45) is 1.21. The molecule has 0 saturated carbocycles. The van der Waals surface area contributed by atoms with Gasteiger partial charge in [-0.05, 0) is 18.2 Å². The molecule has 0 N–H and O–H groups in total. The number of hydrogen-bond acceptors (Lipinski definition) is 4. The van der Waals surface area contributed by atoms with Crippen molar-refractivity contribution in [2.75, 3.05) is 26.3 Å². The molecule has 0 radical (unpaired) electrons. The average Bonchev–Trinajstić information content (AvgIpc) is 2.72. The zero-order valence-corrected chi connectivity index (χ0v) is 15.8. The highest BCUT2D eigenvalue weighted by molar-refractivity contribution is 6.32. The topological polar surface area (TPSA) is 55.8 Å². The molecule has 0 aliphatic carbocycles. The van der Waals surface area contributed by atoms with Gasteiger partial charge in [-0.25, -0.2) is 9.18 Å². The first kappa shape index (κ1) is 20.0. The molecule has 2 aromatic carbocycles. The normalized spacial score (nSPS) is 15.4. The molecule has 0 unspecified atom stereocenters. The molecule has 146 valence electrons. The fourth-order valence-corrected chi connectivity index (χ4v) is 3.04. The zero-order chi connectivity index (χ0) is 19.9. The third kappa shape index (κ3) is 4.97. The van der Waals surface area contributed by atoms with Crippen LogP contribution in [-0.2, 0) is 19.1 Å². The summed E-state index contributed by atoms with van der Waals surface area (Å²) < 4.78 is 24.5. The lowest BCUT2D eigenvalue weighted by Gasteiger charge is -2.30. The van der Waals surface area contributed by atoms with Crippen molar-refractivity contribution in [1.29, 1.82) is 0 Å². The maximum Gasteiger partial charge on any atom is 0.331 e. The first-order valence-electron chi connectivity index (χ1n) is 8.80. The van der Waals surface area contributed by atoms with Crippen LogP contribution in [0.15, 0.2) is 54.6 Å². The lowest BCUT2D eigenvalue weighted by Crippen LogP contribution is -2.44. The minimum absolute atomic E-state index is 0.0804. The smallest absolute Gasteiger partial charge is 0.331 e. The quantitative estimate of drug-likeness (QED) is 0.565. The molecular formula is C21H19ClFNO4. The number of rotatable bonds is 5. The Morgan fingerprint density at radius 2 is 1.82 bits per heavy atom. The number of nitrogens with zero attached hydrogens (tertiary/aromatic N) is 1. The number of carbonyl (C=O) groups excluding carboxylic acids is 2. The van der Waals surface area contributed by atoms with Crippen molar-refractivity contribution in [3.8, 4) is 0 Å². The Kier molecular flexibility index (Phi) is 6.79. The summed E-state index contributed by atoms with van der Waals surface area (Å²) in [5.74, 6) is -1.64. The number of carbonyl (C=O) groups is 2. The van der Waals surface area contributed by atoms with E-state index in [0.717, 1.165) is 6.08 Å². The van der Waals surface area contributed by atoms with E-state index in [1.807, 2.05) is 6.07 Å². The predicted octanol–water partition coefficient (Wildman–Crippen LogP) is 3.64. The van der Waals surface area contributed by atoms with E-state index in [4.69, 9.17) is 21.1 Å². The minimum atomic E-state index is -1.09. The number of halogens is 2. The second-order valence-corrected chi connectivity index (χ2v) is 6.54. The van der Waals surface area contributed by atoms with Crippen molar-refractivity contribution in [3.63, 3.8) is 0 Å². The highest BCUT2D eigenvalue weighted by Gasteiger charge is 2.30. The van der Waals surface area contributed by atoms with Gasteiger partial charge in [0.25, 0.3) is 5.91 Å². The number of benzene rings is 2. The second kappa shape index (κ2) is 9.48. The number of hydrogen-bond donors (Lipinski definition) is 0. The van der Waals surface area contributed by atoms with E-state index in [0.29, 0.717) is 31.9 Å². The monoisotopic (exact) mass is 403 g/mol. The summed E-state index contributed by atoms with van der Waals surface area (Å²) in [4.78, 5) is 26.8. The molecule has 1 fully saturated rings. The Bertz CT molecular complexity index is 846. The highest BCUT2D eigenvalue weighted by atomic mass is 35.5. The van der Waals surface area contributed by atoms with Gasteiger partial charge in [0, 0.05) is 30.3 Å². The summed E-state index contributed by atoms with van der Waals surface area (Å²) >= 11 is 5.95. The van der Waals surface area contributed by atoms with E-state index in [-0.39, 0.29) is 16.5 Å². The van der Waals surface area contributed by atoms with E-state index in [9.17, 15) is 14.0 Å². The zero-order valence-electron chi connectivity index (χ0n) is 15.0. The van der Waals surface area contributed by atoms with Crippen molar-refractivity contribution < 1.29 is 23.5 Å². The van der Waals surface area contributed by atoms with Gasteiger partial charge in [-0.1, -0.05) is 48.0 Å². The van der Waals surface area contributed by atoms with E-state index >= 15 is 0 Å². The Morgan fingerprint density at radius 3 is 2.50 bits per heavy atom. The number of amides is 1. The van der Waals surface area contributed by atoms with E-state index in [2.05, 4.69) is 0 Å². The molecule has 0 bridgehead atoms. The molecule has 1 amide bonds. The van der Waals surface area contributed by atoms with Gasteiger partial charge in [-0.15, -0.1) is 0 Å². The van der Waals surface area contributed by atoms with Gasteiger partial charge in [0.1, 0.15) is 5.82 Å². The van der Waals surface area contributed by atoms with Crippen molar-refractivity contribution in [1.82, 2.24) is 4.90 Å². The van der Waals surface area contributed by atoms with Crippen LogP contribution < -0.4 is 0 Å². The van der Waals surface area contributed by atoms with Crippen molar-refractivity contribution in [2.45, 2.75) is 6.10 Å². The van der Waals surface area contributed by atoms with Gasteiger partial charge in [-0.3, -0.25) is 4.79 Å². The summed E-state index contributed by atoms with van der Waals surface area (Å²) in [5, 5.41) is 0.174. The van der Waals surface area contributed by atoms with Crippen LogP contribution in [0.25, 0.3) is 6.08 Å². The lowest BCUT2D eigenvalue weighted by molar-refractivity contribution is -0.159. The fraction of sp³-hybridized carbons (Fsp3) is 0.238. The standard InChI is InChI=1S/C21H19ClFNO4/c22-17-7-4-8-18(23)16(17)9-10-19(25)28-20(15-5-2-1-3-6-15)21(26)24-11-13-27-14-12-24/h1-10,20H,11-14H2/b10-9+/t20-/m1/s1. The third-order valence-corrected chi connectivity index (χ3v) is 4.60. The Balaban J connectivity index is 1.78. The maximum atomic E-state index is 13.8. The Labute approximate surface area is 167 Å². The van der Waals surface area contributed by atoms with Crippen molar-refractivity contribution >= 4 is 29.6 Å². The van der Waals surface area contributed by atoms with Gasteiger partial charge in [0.05, 0.1) is 18.2 Å². The molecular weight excluding hydrogens is 385 g/mol. The molecule has 28 heavy (non-hydrogen) atoms. The molecule has 0 aromatic heterocycles. The molecule has 1 aliphatic rings. The van der Waals surface area contributed by atoms with Gasteiger partial charge >= 0.3 is 5.97 Å². The molecule has 7 heteroatoms. The van der Waals surface area contributed by atoms with Crippen LogP contribution >= 0.6 is 11.6 Å². The van der Waals surface area contributed by atoms with Crippen LogP contribution in [0.2, 0.25) is 5.02 Å². The van der Waals surface area contributed by atoms with Gasteiger partial charge in [0.15, 0.2) is 0 Å². The second-order valence-electron chi connectivity index (χ2n) is 6.13. The SMILES string of the molecule is O=C(/C=C/c1c(F)cccc1Cl)O[C@@H](C(=O)N1CCOCC1)c1ccccc1. The summed E-state index contributed by atoms with van der Waals surface area (Å²) in [7, 11) is 0. The van der Waals surface area contributed by atoms with Crippen LogP contribution in [0.3, 0.4) is 0 Å². The summed E-state index contributed by atoms with van der Waals surface area (Å²) in [5.41, 5.74) is 0.640. The molecule has 1 aliphatic heterocycles. The number of morpholine rings is 1. The van der Waals surface area contributed by atoms with Crippen molar-refractivity contribution in [3.05, 3.63) is 76.6 Å². The van der Waals surface area contributed by atoms with Crippen LogP contribution in [-0.4, -0.2) is 43.1 Å². The Hall–Kier alpha value is -2.70. The number of esters is 1. The summed E-state index contributed by atoms with van der Waals surface area (Å²) in [6.45, 7) is 1.74. The first-order valence-corrected chi connectivity index (χ1v) is 9.18. The van der Waals surface area contributed by atoms with Crippen LogP contribution in [0.4, 0.5) is 4.39 Å². The van der Waals surface area contributed by atoms with Gasteiger partial charge < -0.3 is 14.4 Å². The molecule has 1 heterocycles. The molecule has 3 rings (SSSR count). The predicted molar refractivity (Wildman–Crippen MR) is 103 cm³/mol. The fourth-order valence-electron chi connectivity index (χ4n) is 2.82. The van der Waals surface area contributed by atoms with Crippen LogP contribution in [0.1, 0.15) is 17.2 Å². The van der Waals surface area contributed by atoms with Gasteiger partial charge in [-0.2, -0.15) is 0 Å². The van der Waals surface area contributed by atoms with Crippen molar-refractivity contribution in [2.24, 2.45) is 0 Å². The first-order chi connectivity index (χ1) is 13.6. The molecule has 0 spiro atoms. The Morgan fingerprint density at radius 1 is 1.11 bits per heavy atom. The largest absolute Gasteiger partial charge is 0.444 e. The number of ether oxygens (including phenoxy) is 2. The molecule has 2 aromatic rings. The van der Waals surface area contributed by atoms with Crippen LogP contribution in [0.5, 0.6) is 0 Å². The van der Waals surface area contributed by atoms with E-state index < -0.39 is 17.9 Å². The highest BCUT2D eigenvalue weighted by Crippen LogP contribution is 2.23. The lowest BCUT2D eigenvalue weighted by atomic mass is 10.1. The molecule has 5 nitrogen and oxygen atoms in total. The average molecular weight is 404 g/mol. The minimum Gasteiger partial charge on any atom is -0.444 e. The van der Waals surface area contributed by atoms with E-state index in [1.165, 1.54) is 24.3 Å². The molecule has 1 atom stereocenters.